The van der Waals surface area contributed by atoms with Crippen LogP contribution < -0.4 is 10.1 Å². The van der Waals surface area contributed by atoms with Crippen molar-refractivity contribution in [1.82, 2.24) is 4.98 Å². The molecule has 0 radical (unpaired) electrons. The number of nitrogens with one attached hydrogen (secondary N) is 1. The predicted molar refractivity (Wildman–Crippen MR) is 82.3 cm³/mol. The third-order valence-corrected chi connectivity index (χ3v) is 3.97. The van der Waals surface area contributed by atoms with Crippen LogP contribution in [0.4, 0.5) is 5.82 Å². The van der Waals surface area contributed by atoms with Crippen LogP contribution in [0.1, 0.15) is 12.5 Å². The lowest BCUT2D eigenvalue weighted by Gasteiger charge is -2.08. The molecule has 0 aliphatic rings. The molecule has 0 atom stereocenters. The molecule has 5 nitrogen and oxygen atoms in total. The lowest BCUT2D eigenvalue weighted by Crippen LogP contribution is -2.03. The van der Waals surface area contributed by atoms with Gasteiger partial charge in [0.15, 0.2) is 9.84 Å². The molecule has 1 heterocycles. The molecule has 0 saturated carbocycles. The Balaban J connectivity index is 2.01. The van der Waals surface area contributed by atoms with Crippen molar-refractivity contribution in [2.24, 2.45) is 0 Å². The van der Waals surface area contributed by atoms with Crippen molar-refractivity contribution in [3.8, 4) is 5.88 Å². The first-order valence-corrected chi connectivity index (χ1v) is 8.51. The van der Waals surface area contributed by atoms with Gasteiger partial charge in [-0.05, 0) is 30.7 Å². The second kappa shape index (κ2) is 6.58. The van der Waals surface area contributed by atoms with Crippen LogP contribution >= 0.6 is 0 Å². The van der Waals surface area contributed by atoms with Crippen LogP contribution in [0.2, 0.25) is 0 Å². The average Bonchev–Trinajstić information content (AvgIpc) is 2.45. The molecule has 0 aliphatic heterocycles. The van der Waals surface area contributed by atoms with Gasteiger partial charge in [-0.25, -0.2) is 8.42 Å². The first-order chi connectivity index (χ1) is 9.99. The number of pyridine rings is 1. The van der Waals surface area contributed by atoms with Crippen LogP contribution in [0.3, 0.4) is 0 Å². The zero-order valence-corrected chi connectivity index (χ0v) is 12.9. The molecule has 0 fully saturated rings. The van der Waals surface area contributed by atoms with Gasteiger partial charge in [-0.3, -0.25) is 0 Å². The second-order valence-corrected chi connectivity index (χ2v) is 6.58. The Hall–Kier alpha value is -2.08. The minimum Gasteiger partial charge on any atom is -0.478 e. The zero-order valence-electron chi connectivity index (χ0n) is 12.0. The minimum absolute atomic E-state index is 0.322. The Morgan fingerprint density at radius 3 is 2.48 bits per heavy atom. The highest BCUT2D eigenvalue weighted by atomic mass is 32.2. The van der Waals surface area contributed by atoms with Crippen LogP contribution in [0.5, 0.6) is 5.88 Å². The van der Waals surface area contributed by atoms with Gasteiger partial charge in [-0.2, -0.15) is 4.98 Å². The topological polar surface area (TPSA) is 68.3 Å². The quantitative estimate of drug-likeness (QED) is 0.888. The van der Waals surface area contributed by atoms with E-state index in [9.17, 15) is 8.42 Å². The van der Waals surface area contributed by atoms with Gasteiger partial charge in [0, 0.05) is 18.9 Å². The van der Waals surface area contributed by atoms with E-state index in [0.717, 1.165) is 5.56 Å². The largest absolute Gasteiger partial charge is 0.478 e. The smallest absolute Gasteiger partial charge is 0.215 e. The Bertz CT molecular complexity index is 697. The summed E-state index contributed by atoms with van der Waals surface area (Å²) < 4.78 is 28.1. The van der Waals surface area contributed by atoms with Crippen LogP contribution in [-0.2, 0) is 16.4 Å². The van der Waals surface area contributed by atoms with Crippen molar-refractivity contribution in [3.63, 3.8) is 0 Å². The SMILES string of the molecule is CCOc1cccc(NCc2ccc(S(C)(=O)=O)cc2)n1. The highest BCUT2D eigenvalue weighted by Crippen LogP contribution is 2.14. The van der Waals surface area contributed by atoms with Gasteiger partial charge < -0.3 is 10.1 Å². The summed E-state index contributed by atoms with van der Waals surface area (Å²) in [5, 5.41) is 3.18. The van der Waals surface area contributed by atoms with Crippen molar-refractivity contribution in [2.45, 2.75) is 18.4 Å². The summed E-state index contributed by atoms with van der Waals surface area (Å²) in [5.41, 5.74) is 0.978. The number of hydrogen-bond acceptors (Lipinski definition) is 5. The molecule has 1 N–H and O–H groups in total. The van der Waals surface area contributed by atoms with Gasteiger partial charge in [0.05, 0.1) is 11.5 Å². The molecule has 6 heteroatoms. The molecule has 2 aromatic rings. The summed E-state index contributed by atoms with van der Waals surface area (Å²) in [6.45, 7) is 3.04. The van der Waals surface area contributed by atoms with E-state index in [0.29, 0.717) is 29.7 Å². The van der Waals surface area contributed by atoms with Crippen LogP contribution in [0.25, 0.3) is 0 Å². The number of benzene rings is 1. The van der Waals surface area contributed by atoms with E-state index in [1.807, 2.05) is 19.1 Å². The standard InChI is InChI=1S/C15H18N2O3S/c1-3-20-15-6-4-5-14(17-15)16-11-12-7-9-13(10-8-12)21(2,18)19/h4-10H,3,11H2,1-2H3,(H,16,17). The summed E-state index contributed by atoms with van der Waals surface area (Å²) in [5.74, 6) is 1.29. The van der Waals surface area contributed by atoms with Crippen LogP contribution in [0.15, 0.2) is 47.4 Å². The average molecular weight is 306 g/mol. The fraction of sp³-hybridized carbons (Fsp3) is 0.267. The van der Waals surface area contributed by atoms with E-state index in [1.165, 1.54) is 6.26 Å². The number of anilines is 1. The van der Waals surface area contributed by atoms with Gasteiger partial charge in [-0.1, -0.05) is 18.2 Å². The molecule has 1 aromatic carbocycles. The van der Waals surface area contributed by atoms with Gasteiger partial charge in [0.1, 0.15) is 5.82 Å². The van der Waals surface area contributed by atoms with Gasteiger partial charge in [0.2, 0.25) is 5.88 Å². The van der Waals surface area contributed by atoms with Crippen LogP contribution in [-0.4, -0.2) is 26.3 Å². The van der Waals surface area contributed by atoms with E-state index >= 15 is 0 Å². The molecule has 21 heavy (non-hydrogen) atoms. The fourth-order valence-electron chi connectivity index (χ4n) is 1.79. The molecular weight excluding hydrogens is 288 g/mol. The molecule has 0 saturated heterocycles. The van der Waals surface area contributed by atoms with Crippen molar-refractivity contribution in [3.05, 3.63) is 48.0 Å². The second-order valence-electron chi connectivity index (χ2n) is 4.56. The third-order valence-electron chi connectivity index (χ3n) is 2.84. The van der Waals surface area contributed by atoms with Crippen molar-refractivity contribution in [1.29, 1.82) is 0 Å². The number of ether oxygens (including phenoxy) is 1. The summed E-state index contributed by atoms with van der Waals surface area (Å²) in [6.07, 6.45) is 1.20. The lowest BCUT2D eigenvalue weighted by molar-refractivity contribution is 0.327. The molecular formula is C15H18N2O3S. The Morgan fingerprint density at radius 2 is 1.86 bits per heavy atom. The fourth-order valence-corrected chi connectivity index (χ4v) is 2.42. The number of nitrogens with zero attached hydrogens (tertiary/aromatic N) is 1. The molecule has 0 aliphatic carbocycles. The molecule has 0 amide bonds. The summed E-state index contributed by atoms with van der Waals surface area (Å²) >= 11 is 0. The van der Waals surface area contributed by atoms with E-state index in [-0.39, 0.29) is 0 Å². The molecule has 112 valence electrons. The first kappa shape index (κ1) is 15.3. The monoisotopic (exact) mass is 306 g/mol. The molecule has 1 aromatic heterocycles. The van der Waals surface area contributed by atoms with E-state index in [2.05, 4.69) is 10.3 Å². The lowest BCUT2D eigenvalue weighted by atomic mass is 10.2. The van der Waals surface area contributed by atoms with Crippen molar-refractivity contribution >= 4 is 15.7 Å². The first-order valence-electron chi connectivity index (χ1n) is 6.62. The Morgan fingerprint density at radius 1 is 1.14 bits per heavy atom. The Kier molecular flexibility index (Phi) is 4.80. The zero-order chi connectivity index (χ0) is 15.3. The number of aromatic nitrogens is 1. The van der Waals surface area contributed by atoms with Crippen LogP contribution in [0, 0.1) is 0 Å². The molecule has 0 unspecified atom stereocenters. The van der Waals surface area contributed by atoms with E-state index in [4.69, 9.17) is 4.74 Å². The van der Waals surface area contributed by atoms with Gasteiger partial charge in [-0.15, -0.1) is 0 Å². The predicted octanol–water partition coefficient (Wildman–Crippen LogP) is 2.50. The number of hydrogen-bond donors (Lipinski definition) is 1. The number of sulfone groups is 1. The van der Waals surface area contributed by atoms with E-state index < -0.39 is 9.84 Å². The maximum absolute atomic E-state index is 11.4. The highest BCUT2D eigenvalue weighted by molar-refractivity contribution is 7.90. The summed E-state index contributed by atoms with van der Waals surface area (Å²) in [6, 6.07) is 12.3. The van der Waals surface area contributed by atoms with Crippen molar-refractivity contribution in [2.75, 3.05) is 18.2 Å². The summed E-state index contributed by atoms with van der Waals surface area (Å²) in [7, 11) is -3.15. The Labute approximate surface area is 124 Å². The highest BCUT2D eigenvalue weighted by Gasteiger charge is 2.06. The van der Waals surface area contributed by atoms with Gasteiger partial charge in [0.25, 0.3) is 0 Å². The normalized spacial score (nSPS) is 11.1. The maximum Gasteiger partial charge on any atom is 0.215 e. The number of rotatable bonds is 6. The van der Waals surface area contributed by atoms with Crippen molar-refractivity contribution < 1.29 is 13.2 Å². The maximum atomic E-state index is 11.4. The molecule has 2 rings (SSSR count). The summed E-state index contributed by atoms with van der Waals surface area (Å²) in [4.78, 5) is 4.63. The minimum atomic E-state index is -3.15. The third kappa shape index (κ3) is 4.46. The van der Waals surface area contributed by atoms with Gasteiger partial charge >= 0.3 is 0 Å². The molecule has 0 spiro atoms. The van der Waals surface area contributed by atoms with E-state index in [1.54, 1.807) is 30.3 Å². The molecule has 0 bridgehead atoms.